The van der Waals surface area contributed by atoms with Gasteiger partial charge in [-0.1, -0.05) is 0 Å². The highest BCUT2D eigenvalue weighted by Gasteiger charge is 2.17. The quantitative estimate of drug-likeness (QED) is 0.0576. The minimum Gasteiger partial charge on any atom is -0.379 e. The van der Waals surface area contributed by atoms with Gasteiger partial charge in [0, 0.05) is 58.3 Å². The molecule has 0 heterocycles. The van der Waals surface area contributed by atoms with Crippen LogP contribution in [0.2, 0.25) is 0 Å². The lowest BCUT2D eigenvalue weighted by molar-refractivity contribution is -0.120. The van der Waals surface area contributed by atoms with Crippen LogP contribution in [-0.4, -0.2) is 97.1 Å². The predicted molar refractivity (Wildman–Crippen MR) is 170 cm³/mol. The molecule has 0 aliphatic carbocycles. The second-order valence-corrected chi connectivity index (χ2v) is 11.6. The van der Waals surface area contributed by atoms with Gasteiger partial charge in [0.15, 0.2) is 5.78 Å². The van der Waals surface area contributed by atoms with Crippen molar-refractivity contribution in [3.63, 3.8) is 0 Å². The van der Waals surface area contributed by atoms with Gasteiger partial charge in [-0.15, -0.1) is 0 Å². The Bertz CT molecular complexity index is 1190. The number of hydrogen-bond acceptors (Lipinski definition) is 12. The normalized spacial score (nSPS) is 12.8. The van der Waals surface area contributed by atoms with Crippen molar-refractivity contribution in [3.05, 3.63) is 54.1 Å². The van der Waals surface area contributed by atoms with Crippen LogP contribution in [0.25, 0.3) is 0 Å². The van der Waals surface area contributed by atoms with E-state index in [0.29, 0.717) is 76.8 Å². The molecular formula is C31H46N3O10P. The highest BCUT2D eigenvalue weighted by Crippen LogP contribution is 2.41. The Morgan fingerprint density at radius 2 is 1.18 bits per heavy atom. The molecule has 13 nitrogen and oxygen atoms in total. The molecule has 0 aliphatic heterocycles. The van der Waals surface area contributed by atoms with E-state index >= 15 is 0 Å². The Morgan fingerprint density at radius 3 is 1.71 bits per heavy atom. The van der Waals surface area contributed by atoms with Crippen molar-refractivity contribution < 1.29 is 47.0 Å². The minimum absolute atomic E-state index is 0.0142. The Morgan fingerprint density at radius 1 is 0.689 bits per heavy atom. The zero-order valence-electron chi connectivity index (χ0n) is 26.4. The van der Waals surface area contributed by atoms with Gasteiger partial charge in [0.2, 0.25) is 0 Å². The molecule has 2 rings (SSSR count). The third-order valence-corrected chi connectivity index (χ3v) is 7.23. The van der Waals surface area contributed by atoms with Crippen molar-refractivity contribution in [2.75, 3.05) is 85.6 Å². The molecule has 1 unspecified atom stereocenters. The van der Waals surface area contributed by atoms with E-state index in [9.17, 15) is 14.2 Å². The first-order valence-electron chi connectivity index (χ1n) is 14.9. The molecule has 45 heavy (non-hydrogen) atoms. The molecule has 0 aliphatic rings. The molecule has 2 aromatic carbocycles. The molecule has 0 aromatic heterocycles. The number of carbonyl (C=O) groups excluding carboxylic acids is 2. The summed E-state index contributed by atoms with van der Waals surface area (Å²) < 4.78 is 41.9. The maximum absolute atomic E-state index is 12.5. The van der Waals surface area contributed by atoms with Crippen molar-refractivity contribution in [2.24, 2.45) is 10.2 Å². The van der Waals surface area contributed by atoms with Gasteiger partial charge in [0.25, 0.3) is 0 Å². The predicted octanol–water partition coefficient (Wildman–Crippen LogP) is 5.70. The number of ether oxygens (including phenoxy) is 4. The van der Waals surface area contributed by atoms with Crippen LogP contribution in [0.3, 0.4) is 0 Å². The molecule has 0 fully saturated rings. The topological polar surface area (TPSA) is 155 Å². The summed E-state index contributed by atoms with van der Waals surface area (Å²) in [7, 11) is 1.05. The number of azo groups is 1. The van der Waals surface area contributed by atoms with Gasteiger partial charge in [0.05, 0.1) is 64.2 Å². The zero-order valence-corrected chi connectivity index (χ0v) is 27.3. The first-order chi connectivity index (χ1) is 21.7. The lowest BCUT2D eigenvalue weighted by atomic mass is 10.1. The fourth-order valence-electron chi connectivity index (χ4n) is 3.70. The van der Waals surface area contributed by atoms with E-state index in [2.05, 4.69) is 19.3 Å². The van der Waals surface area contributed by atoms with Gasteiger partial charge in [-0.25, -0.2) is 4.57 Å². The molecule has 0 bridgehead atoms. The number of ketones is 2. The van der Waals surface area contributed by atoms with Crippen LogP contribution in [0.15, 0.2) is 58.8 Å². The summed E-state index contributed by atoms with van der Waals surface area (Å²) in [5, 5.41) is 8.49. The number of benzene rings is 2. The Labute approximate surface area is 265 Å². The van der Waals surface area contributed by atoms with Gasteiger partial charge < -0.3 is 28.7 Å². The minimum atomic E-state index is -3.99. The van der Waals surface area contributed by atoms with Crippen LogP contribution in [-0.2, 0) is 37.4 Å². The maximum atomic E-state index is 12.5. The molecule has 1 atom stereocenters. The number of hydrogen-bond donors (Lipinski definition) is 1. The summed E-state index contributed by atoms with van der Waals surface area (Å²) in [5.74, 6) is 0.0377. The Kier molecular flexibility index (Phi) is 19.2. The molecule has 1 N–H and O–H groups in total. The highest BCUT2D eigenvalue weighted by molar-refractivity contribution is 7.47. The molecule has 0 saturated carbocycles. The van der Waals surface area contributed by atoms with E-state index in [1.807, 2.05) is 43.3 Å². The largest absolute Gasteiger partial charge is 0.471 e. The first-order valence-corrected chi connectivity index (χ1v) is 16.4. The van der Waals surface area contributed by atoms with Crippen LogP contribution in [0.5, 0.6) is 0 Å². The van der Waals surface area contributed by atoms with E-state index in [4.69, 9.17) is 23.8 Å². The number of rotatable bonds is 26. The monoisotopic (exact) mass is 651 g/mol. The second-order valence-electron chi connectivity index (χ2n) is 10.0. The smallest absolute Gasteiger partial charge is 0.379 e. The Balaban J connectivity index is 1.39. The molecule has 0 spiro atoms. The number of Topliss-reactive ketones (excluding diaryl/α,β-unsaturated/α-hetero) is 2. The number of nitrogens with zero attached hydrogens (tertiary/aromatic N) is 3. The van der Waals surface area contributed by atoms with Crippen LogP contribution in [0, 0.1) is 0 Å². The average Bonchev–Trinajstić information content (AvgIpc) is 3.04. The number of phosphoric acid groups is 1. The van der Waals surface area contributed by atoms with Gasteiger partial charge in [-0.3, -0.25) is 18.6 Å². The third kappa shape index (κ3) is 18.0. The first kappa shape index (κ1) is 38.3. The molecule has 250 valence electrons. The van der Waals surface area contributed by atoms with Crippen molar-refractivity contribution in [1.29, 1.82) is 0 Å². The van der Waals surface area contributed by atoms with Gasteiger partial charge in [-0.05, 0) is 61.4 Å². The SMILES string of the molecule is COP(=O)(O)OCCCC(=O)CCOCCOCCOCCOCCCC(=O)c1ccc(N=Nc2ccc(N(C)C)cc2)cc1. The van der Waals surface area contributed by atoms with Gasteiger partial charge in [-0.2, -0.15) is 10.2 Å². The van der Waals surface area contributed by atoms with Gasteiger partial charge >= 0.3 is 7.82 Å². The van der Waals surface area contributed by atoms with E-state index in [0.717, 1.165) is 18.5 Å². The third-order valence-electron chi connectivity index (χ3n) is 6.26. The van der Waals surface area contributed by atoms with Crippen LogP contribution < -0.4 is 4.90 Å². The summed E-state index contributed by atoms with van der Waals surface area (Å²) in [4.78, 5) is 35.3. The lowest BCUT2D eigenvalue weighted by Gasteiger charge is -2.11. The number of carbonyl (C=O) groups is 2. The van der Waals surface area contributed by atoms with Crippen LogP contribution in [0.1, 0.15) is 42.5 Å². The standard InChI is InChI=1S/C31H46N3O10P/c1-34(2)29-14-12-28(13-15-29)33-32-27-10-8-26(9-11-27)31(36)7-5-17-40-20-22-42-24-25-43-23-21-41-19-16-30(35)6-4-18-44-45(37,38)39-3/h8-15H,4-7,16-25H2,1-3H3,(H,37,38). The number of phosphoric ester groups is 1. The van der Waals surface area contributed by atoms with Crippen molar-refractivity contribution in [2.45, 2.75) is 32.1 Å². The van der Waals surface area contributed by atoms with Crippen molar-refractivity contribution >= 4 is 36.5 Å². The summed E-state index contributed by atoms with van der Waals surface area (Å²) in [6.45, 7) is 3.17. The van der Waals surface area contributed by atoms with Crippen molar-refractivity contribution in [1.82, 2.24) is 0 Å². The fourth-order valence-corrected chi connectivity index (χ4v) is 4.17. The molecule has 0 saturated heterocycles. The van der Waals surface area contributed by atoms with Crippen molar-refractivity contribution in [3.8, 4) is 0 Å². The van der Waals surface area contributed by atoms with E-state index in [1.165, 1.54) is 0 Å². The molecule has 0 radical (unpaired) electrons. The second kappa shape index (κ2) is 22.6. The Hall–Kier alpha value is -2.87. The highest BCUT2D eigenvalue weighted by atomic mass is 31.2. The fraction of sp³-hybridized carbons (Fsp3) is 0.548. The zero-order chi connectivity index (χ0) is 32.8. The lowest BCUT2D eigenvalue weighted by Crippen LogP contribution is -2.13. The summed E-state index contributed by atoms with van der Waals surface area (Å²) >= 11 is 0. The van der Waals surface area contributed by atoms with Gasteiger partial charge in [0.1, 0.15) is 5.78 Å². The van der Waals surface area contributed by atoms with Crippen LogP contribution in [0.4, 0.5) is 17.1 Å². The molecule has 2 aromatic rings. The summed E-state index contributed by atoms with van der Waals surface area (Å²) in [6.07, 6.45) is 1.84. The average molecular weight is 652 g/mol. The molecular weight excluding hydrogens is 605 g/mol. The summed E-state index contributed by atoms with van der Waals surface area (Å²) in [5.41, 5.74) is 3.16. The number of anilines is 1. The summed E-state index contributed by atoms with van der Waals surface area (Å²) in [6, 6.07) is 14.9. The van der Waals surface area contributed by atoms with E-state index in [1.54, 1.807) is 24.3 Å². The molecule has 14 heteroatoms. The van der Waals surface area contributed by atoms with E-state index in [-0.39, 0.29) is 37.6 Å². The van der Waals surface area contributed by atoms with E-state index < -0.39 is 7.82 Å². The maximum Gasteiger partial charge on any atom is 0.471 e. The molecule has 0 amide bonds. The van der Waals surface area contributed by atoms with Crippen LogP contribution >= 0.6 is 7.82 Å².